The first kappa shape index (κ1) is 16.6. The zero-order valence-corrected chi connectivity index (χ0v) is 13.6. The van der Waals surface area contributed by atoms with Gasteiger partial charge in [-0.3, -0.25) is 10.00 Å². The van der Waals surface area contributed by atoms with Crippen molar-refractivity contribution in [1.29, 1.82) is 5.26 Å². The molecule has 1 unspecified atom stereocenters. The minimum atomic E-state index is -0.385. The fraction of sp³-hybridized carbons (Fsp3) is 0.471. The average molecular weight is 329 g/mol. The largest absolute Gasteiger partial charge is 0.377 e. The average Bonchev–Trinajstić information content (AvgIpc) is 3.06. The van der Waals surface area contributed by atoms with E-state index in [0.29, 0.717) is 24.5 Å². The molecule has 1 fully saturated rings. The highest BCUT2D eigenvalue weighted by atomic mass is 19.1. The number of rotatable bonds is 5. The number of likely N-dealkylation sites (tertiary alicyclic amines) is 1. The number of hydrogen-bond donors (Lipinski definition) is 1. The van der Waals surface area contributed by atoms with Crippen LogP contribution in [-0.4, -0.2) is 33.7 Å². The molecule has 1 aliphatic rings. The summed E-state index contributed by atoms with van der Waals surface area (Å²) in [6.45, 7) is 1.89. The maximum Gasteiger partial charge on any atom is 0.167 e. The van der Waals surface area contributed by atoms with Crippen molar-refractivity contribution in [3.63, 3.8) is 0 Å². The Hall–Kier alpha value is -2.30. The van der Waals surface area contributed by atoms with E-state index in [9.17, 15) is 9.65 Å². The van der Waals surface area contributed by atoms with Crippen LogP contribution in [0.3, 0.4) is 0 Å². The molecule has 1 atom stereocenters. The molecule has 6 nitrogen and oxygen atoms in total. The minimum absolute atomic E-state index is 0.0946. The highest BCUT2D eigenvalue weighted by Crippen LogP contribution is 2.30. The van der Waals surface area contributed by atoms with E-state index in [-0.39, 0.29) is 11.9 Å². The molecule has 1 aromatic carbocycles. The van der Waals surface area contributed by atoms with E-state index in [1.165, 1.54) is 12.1 Å². The molecular weight excluding hydrogens is 309 g/mol. The number of benzene rings is 1. The zero-order chi connectivity index (χ0) is 16.9. The van der Waals surface area contributed by atoms with E-state index >= 15 is 0 Å². The lowest BCUT2D eigenvalue weighted by atomic mass is 9.99. The molecule has 0 spiro atoms. The number of aromatic nitrogens is 3. The van der Waals surface area contributed by atoms with Crippen LogP contribution in [0.15, 0.2) is 18.2 Å². The van der Waals surface area contributed by atoms with Gasteiger partial charge in [-0.15, -0.1) is 0 Å². The first-order valence-electron chi connectivity index (χ1n) is 8.04. The summed E-state index contributed by atoms with van der Waals surface area (Å²) in [7, 11) is 1.62. The van der Waals surface area contributed by atoms with Crippen LogP contribution >= 0.6 is 0 Å². The molecule has 1 aliphatic heterocycles. The molecule has 24 heavy (non-hydrogen) atoms. The fourth-order valence-electron chi connectivity index (χ4n) is 3.14. The number of aromatic amines is 1. The number of methoxy groups -OCH3 is 1. The van der Waals surface area contributed by atoms with Crippen LogP contribution < -0.4 is 0 Å². The predicted molar refractivity (Wildman–Crippen MR) is 85.2 cm³/mol. The van der Waals surface area contributed by atoms with Gasteiger partial charge in [-0.05, 0) is 37.1 Å². The Kier molecular flexibility index (Phi) is 5.18. The van der Waals surface area contributed by atoms with Crippen LogP contribution in [0.4, 0.5) is 4.39 Å². The van der Waals surface area contributed by atoms with E-state index in [1.54, 1.807) is 13.2 Å². The third-order valence-corrected chi connectivity index (χ3v) is 4.31. The van der Waals surface area contributed by atoms with Gasteiger partial charge in [0.2, 0.25) is 0 Å². The summed E-state index contributed by atoms with van der Waals surface area (Å²) in [6.07, 6.45) is 3.17. The molecule has 0 saturated carbocycles. The van der Waals surface area contributed by atoms with Crippen molar-refractivity contribution in [2.45, 2.75) is 38.5 Å². The van der Waals surface area contributed by atoms with Crippen molar-refractivity contribution in [2.75, 3.05) is 13.7 Å². The number of piperidine rings is 1. The lowest BCUT2D eigenvalue weighted by Gasteiger charge is -2.34. The third kappa shape index (κ3) is 3.61. The lowest BCUT2D eigenvalue weighted by Crippen LogP contribution is -2.33. The molecule has 1 saturated heterocycles. The van der Waals surface area contributed by atoms with E-state index in [1.807, 2.05) is 0 Å². The monoisotopic (exact) mass is 329 g/mol. The van der Waals surface area contributed by atoms with Gasteiger partial charge in [-0.1, -0.05) is 12.5 Å². The van der Waals surface area contributed by atoms with Gasteiger partial charge in [0.1, 0.15) is 12.4 Å². The SMILES string of the molecule is COCc1nc(C2CCCCN2Cc2ccc(F)cc2C#N)n[nH]1. The zero-order valence-electron chi connectivity index (χ0n) is 13.6. The molecule has 2 heterocycles. The van der Waals surface area contributed by atoms with Gasteiger partial charge in [0.25, 0.3) is 0 Å². The summed E-state index contributed by atoms with van der Waals surface area (Å²) >= 11 is 0. The quantitative estimate of drug-likeness (QED) is 0.912. The molecular formula is C17H20FN5O. The Labute approximate surface area is 140 Å². The summed E-state index contributed by atoms with van der Waals surface area (Å²) in [6, 6.07) is 6.55. The standard InChI is InChI=1S/C17H20FN5O/c1-24-11-16-20-17(22-21-16)15-4-2-3-7-23(15)10-12-5-6-14(18)8-13(12)9-19/h5-6,8,15H,2-4,7,10-11H2,1H3,(H,20,21,22). The van der Waals surface area contributed by atoms with E-state index < -0.39 is 0 Å². The van der Waals surface area contributed by atoms with Crippen LogP contribution in [-0.2, 0) is 17.9 Å². The minimum Gasteiger partial charge on any atom is -0.377 e. The van der Waals surface area contributed by atoms with E-state index in [0.717, 1.165) is 37.2 Å². The lowest BCUT2D eigenvalue weighted by molar-refractivity contribution is 0.133. The van der Waals surface area contributed by atoms with Crippen molar-refractivity contribution in [1.82, 2.24) is 20.1 Å². The predicted octanol–water partition coefficient (Wildman–Crippen LogP) is 2.69. The van der Waals surface area contributed by atoms with Crippen LogP contribution in [0.25, 0.3) is 0 Å². The molecule has 0 aliphatic carbocycles. The Balaban J connectivity index is 1.81. The third-order valence-electron chi connectivity index (χ3n) is 4.31. The maximum absolute atomic E-state index is 13.3. The van der Waals surface area contributed by atoms with E-state index in [2.05, 4.69) is 26.2 Å². The van der Waals surface area contributed by atoms with Crippen molar-refractivity contribution in [3.05, 3.63) is 46.8 Å². The highest BCUT2D eigenvalue weighted by molar-refractivity contribution is 5.38. The molecule has 1 aromatic heterocycles. The number of ether oxygens (including phenoxy) is 1. The second kappa shape index (κ2) is 7.51. The second-order valence-corrected chi connectivity index (χ2v) is 5.97. The molecule has 0 radical (unpaired) electrons. The van der Waals surface area contributed by atoms with Crippen molar-refractivity contribution in [2.24, 2.45) is 0 Å². The summed E-state index contributed by atoms with van der Waals surface area (Å²) in [4.78, 5) is 6.78. The summed E-state index contributed by atoms with van der Waals surface area (Å²) < 4.78 is 18.4. The fourth-order valence-corrected chi connectivity index (χ4v) is 3.14. The molecule has 0 amide bonds. The Morgan fingerprint density at radius 3 is 3.12 bits per heavy atom. The Morgan fingerprint density at radius 1 is 1.46 bits per heavy atom. The summed E-state index contributed by atoms with van der Waals surface area (Å²) in [5, 5.41) is 16.5. The number of hydrogen-bond acceptors (Lipinski definition) is 5. The van der Waals surface area contributed by atoms with Crippen LogP contribution in [0.2, 0.25) is 0 Å². The van der Waals surface area contributed by atoms with Gasteiger partial charge in [0, 0.05) is 13.7 Å². The summed E-state index contributed by atoms with van der Waals surface area (Å²) in [5.41, 5.74) is 1.22. The van der Waals surface area contributed by atoms with Crippen LogP contribution in [0.1, 0.15) is 48.1 Å². The number of nitriles is 1. The van der Waals surface area contributed by atoms with Gasteiger partial charge in [-0.2, -0.15) is 10.4 Å². The molecule has 1 N–H and O–H groups in total. The number of nitrogens with zero attached hydrogens (tertiary/aromatic N) is 4. The van der Waals surface area contributed by atoms with Crippen LogP contribution in [0, 0.1) is 17.1 Å². The van der Waals surface area contributed by atoms with Gasteiger partial charge >= 0.3 is 0 Å². The number of nitrogens with one attached hydrogen (secondary N) is 1. The first-order valence-corrected chi connectivity index (χ1v) is 8.04. The molecule has 3 rings (SSSR count). The Morgan fingerprint density at radius 2 is 2.33 bits per heavy atom. The first-order chi connectivity index (χ1) is 11.7. The van der Waals surface area contributed by atoms with Crippen molar-refractivity contribution in [3.8, 4) is 6.07 Å². The second-order valence-electron chi connectivity index (χ2n) is 5.97. The van der Waals surface area contributed by atoms with Gasteiger partial charge in [0.05, 0.1) is 17.7 Å². The summed E-state index contributed by atoms with van der Waals surface area (Å²) in [5.74, 6) is 1.07. The van der Waals surface area contributed by atoms with Gasteiger partial charge < -0.3 is 4.74 Å². The highest BCUT2D eigenvalue weighted by Gasteiger charge is 2.28. The Bertz CT molecular complexity index is 739. The van der Waals surface area contributed by atoms with Gasteiger partial charge in [-0.25, -0.2) is 9.37 Å². The van der Waals surface area contributed by atoms with Gasteiger partial charge in [0.15, 0.2) is 11.6 Å². The van der Waals surface area contributed by atoms with Crippen LogP contribution in [0.5, 0.6) is 0 Å². The normalized spacial score (nSPS) is 18.5. The molecule has 0 bridgehead atoms. The molecule has 2 aromatic rings. The topological polar surface area (TPSA) is 77.8 Å². The van der Waals surface area contributed by atoms with Crippen molar-refractivity contribution >= 4 is 0 Å². The number of halogens is 1. The smallest absolute Gasteiger partial charge is 0.167 e. The van der Waals surface area contributed by atoms with E-state index in [4.69, 9.17) is 4.74 Å². The van der Waals surface area contributed by atoms with Crippen molar-refractivity contribution < 1.29 is 9.13 Å². The molecule has 7 heteroatoms. The maximum atomic E-state index is 13.3. The number of H-pyrrole nitrogens is 1. The molecule has 126 valence electrons.